The van der Waals surface area contributed by atoms with Gasteiger partial charge in [0.1, 0.15) is 11.5 Å². The van der Waals surface area contributed by atoms with Crippen LogP contribution in [0.5, 0.6) is 0 Å². The standard InChI is InChI=1S/C13H14BrNO/c1-2-11-3-4-13(16-11)12(14)9-10-5-7-15-8-6-10/h3-8,12H,2,9H2,1H3. The molecule has 0 spiro atoms. The number of alkyl halides is 1. The van der Waals surface area contributed by atoms with Crippen molar-refractivity contribution in [2.45, 2.75) is 24.6 Å². The summed E-state index contributed by atoms with van der Waals surface area (Å²) in [5.74, 6) is 2.03. The fourth-order valence-corrected chi connectivity index (χ4v) is 2.20. The second-order valence-corrected chi connectivity index (χ2v) is 4.79. The highest BCUT2D eigenvalue weighted by Gasteiger charge is 2.12. The lowest BCUT2D eigenvalue weighted by Crippen LogP contribution is -1.93. The van der Waals surface area contributed by atoms with E-state index in [0.29, 0.717) is 0 Å². The van der Waals surface area contributed by atoms with Gasteiger partial charge in [-0.05, 0) is 36.2 Å². The van der Waals surface area contributed by atoms with Crippen molar-refractivity contribution >= 4 is 15.9 Å². The van der Waals surface area contributed by atoms with E-state index in [1.807, 2.05) is 36.7 Å². The number of hydrogen-bond acceptors (Lipinski definition) is 2. The predicted molar refractivity (Wildman–Crippen MR) is 67.7 cm³/mol. The molecule has 2 aromatic rings. The quantitative estimate of drug-likeness (QED) is 0.793. The van der Waals surface area contributed by atoms with Crippen molar-refractivity contribution in [3.05, 3.63) is 53.7 Å². The summed E-state index contributed by atoms with van der Waals surface area (Å²) in [6.45, 7) is 2.09. The van der Waals surface area contributed by atoms with E-state index in [1.165, 1.54) is 5.56 Å². The molecular weight excluding hydrogens is 266 g/mol. The summed E-state index contributed by atoms with van der Waals surface area (Å²) in [6, 6.07) is 8.13. The molecule has 0 saturated carbocycles. The summed E-state index contributed by atoms with van der Waals surface area (Å²) < 4.78 is 5.70. The fraction of sp³-hybridized carbons (Fsp3) is 0.308. The number of rotatable bonds is 4. The molecule has 3 heteroatoms. The largest absolute Gasteiger partial charge is 0.465 e. The Kier molecular flexibility index (Phi) is 3.78. The van der Waals surface area contributed by atoms with E-state index in [1.54, 1.807) is 0 Å². The summed E-state index contributed by atoms with van der Waals surface area (Å²) >= 11 is 3.65. The molecule has 1 unspecified atom stereocenters. The zero-order valence-electron chi connectivity index (χ0n) is 9.19. The van der Waals surface area contributed by atoms with Crippen LogP contribution in [0.15, 0.2) is 41.1 Å². The van der Waals surface area contributed by atoms with Crippen molar-refractivity contribution in [1.29, 1.82) is 0 Å². The van der Waals surface area contributed by atoms with Crippen molar-refractivity contribution in [2.24, 2.45) is 0 Å². The molecule has 0 bridgehead atoms. The molecule has 2 rings (SSSR count). The molecule has 0 saturated heterocycles. The van der Waals surface area contributed by atoms with Crippen LogP contribution in [0, 0.1) is 0 Å². The van der Waals surface area contributed by atoms with Crippen molar-refractivity contribution in [1.82, 2.24) is 4.98 Å². The Balaban J connectivity index is 2.05. The van der Waals surface area contributed by atoms with Gasteiger partial charge in [0.2, 0.25) is 0 Å². The monoisotopic (exact) mass is 279 g/mol. The van der Waals surface area contributed by atoms with E-state index in [-0.39, 0.29) is 4.83 Å². The minimum atomic E-state index is 0.232. The fourth-order valence-electron chi connectivity index (χ4n) is 1.58. The maximum Gasteiger partial charge on any atom is 0.118 e. The Hall–Kier alpha value is -1.09. The molecule has 2 nitrogen and oxygen atoms in total. The Labute approximate surface area is 104 Å². The average molecular weight is 280 g/mol. The molecule has 2 heterocycles. The van der Waals surface area contributed by atoms with Gasteiger partial charge in [-0.2, -0.15) is 0 Å². The molecule has 0 amide bonds. The van der Waals surface area contributed by atoms with Gasteiger partial charge < -0.3 is 4.42 Å². The topological polar surface area (TPSA) is 26.0 Å². The van der Waals surface area contributed by atoms with E-state index in [2.05, 4.69) is 27.8 Å². The molecule has 84 valence electrons. The van der Waals surface area contributed by atoms with Crippen molar-refractivity contribution in [2.75, 3.05) is 0 Å². The zero-order valence-corrected chi connectivity index (χ0v) is 10.8. The van der Waals surface area contributed by atoms with Crippen LogP contribution < -0.4 is 0 Å². The number of hydrogen-bond donors (Lipinski definition) is 0. The number of aromatic nitrogens is 1. The van der Waals surface area contributed by atoms with E-state index in [0.717, 1.165) is 24.4 Å². The van der Waals surface area contributed by atoms with Crippen LogP contribution in [0.25, 0.3) is 0 Å². The Morgan fingerprint density at radius 1 is 1.25 bits per heavy atom. The molecule has 0 aliphatic carbocycles. The normalized spacial score (nSPS) is 12.6. The maximum atomic E-state index is 5.70. The molecule has 16 heavy (non-hydrogen) atoms. The third-order valence-corrected chi connectivity index (χ3v) is 3.28. The second-order valence-electron chi connectivity index (χ2n) is 3.68. The molecule has 0 aromatic carbocycles. The lowest BCUT2D eigenvalue weighted by atomic mass is 10.1. The van der Waals surface area contributed by atoms with Gasteiger partial charge in [-0.3, -0.25) is 4.98 Å². The highest BCUT2D eigenvalue weighted by molar-refractivity contribution is 9.09. The molecule has 0 fully saturated rings. The first-order chi connectivity index (χ1) is 7.79. The molecule has 0 aliphatic heterocycles. The lowest BCUT2D eigenvalue weighted by Gasteiger charge is -2.06. The van der Waals surface area contributed by atoms with Gasteiger partial charge >= 0.3 is 0 Å². The zero-order chi connectivity index (χ0) is 11.4. The van der Waals surface area contributed by atoms with E-state index >= 15 is 0 Å². The van der Waals surface area contributed by atoms with Crippen molar-refractivity contribution in [3.63, 3.8) is 0 Å². The first kappa shape index (κ1) is 11.4. The molecule has 0 aliphatic rings. The summed E-state index contributed by atoms with van der Waals surface area (Å²) in [7, 11) is 0. The number of pyridine rings is 1. The van der Waals surface area contributed by atoms with Crippen LogP contribution in [0.4, 0.5) is 0 Å². The highest BCUT2D eigenvalue weighted by atomic mass is 79.9. The summed E-state index contributed by atoms with van der Waals surface area (Å²) in [4.78, 5) is 4.24. The summed E-state index contributed by atoms with van der Waals surface area (Å²) in [5.41, 5.74) is 1.26. The molecule has 0 N–H and O–H groups in total. The van der Waals surface area contributed by atoms with E-state index < -0.39 is 0 Å². The second kappa shape index (κ2) is 5.30. The van der Waals surface area contributed by atoms with Gasteiger partial charge in [0.25, 0.3) is 0 Å². The van der Waals surface area contributed by atoms with Gasteiger partial charge in [0.15, 0.2) is 0 Å². The Bertz CT molecular complexity index is 438. The van der Waals surface area contributed by atoms with Crippen LogP contribution in [0.3, 0.4) is 0 Å². The predicted octanol–water partition coefficient (Wildman–Crippen LogP) is 3.92. The van der Waals surface area contributed by atoms with Crippen LogP contribution in [-0.4, -0.2) is 4.98 Å². The third kappa shape index (κ3) is 2.73. The smallest absolute Gasteiger partial charge is 0.118 e. The SMILES string of the molecule is CCc1ccc(C(Br)Cc2ccncc2)o1. The van der Waals surface area contributed by atoms with Gasteiger partial charge in [0.05, 0.1) is 4.83 Å². The van der Waals surface area contributed by atoms with E-state index in [9.17, 15) is 0 Å². The number of aryl methyl sites for hydroxylation is 1. The van der Waals surface area contributed by atoms with Crippen LogP contribution >= 0.6 is 15.9 Å². The van der Waals surface area contributed by atoms with Crippen LogP contribution in [-0.2, 0) is 12.8 Å². The molecule has 2 aromatic heterocycles. The third-order valence-electron chi connectivity index (χ3n) is 2.50. The van der Waals surface area contributed by atoms with Crippen LogP contribution in [0.1, 0.15) is 28.8 Å². The maximum absolute atomic E-state index is 5.70. The van der Waals surface area contributed by atoms with Crippen molar-refractivity contribution in [3.8, 4) is 0 Å². The Morgan fingerprint density at radius 2 is 2.00 bits per heavy atom. The van der Waals surface area contributed by atoms with Crippen LogP contribution in [0.2, 0.25) is 0 Å². The summed E-state index contributed by atoms with van der Waals surface area (Å²) in [6.07, 6.45) is 5.48. The molecule has 0 radical (unpaired) electrons. The number of furan rings is 1. The molecular formula is C13H14BrNO. The number of halogens is 1. The lowest BCUT2D eigenvalue weighted by molar-refractivity contribution is 0.467. The number of nitrogens with zero attached hydrogens (tertiary/aromatic N) is 1. The summed E-state index contributed by atoms with van der Waals surface area (Å²) in [5, 5.41) is 0. The van der Waals surface area contributed by atoms with Gasteiger partial charge in [-0.1, -0.05) is 22.9 Å². The highest BCUT2D eigenvalue weighted by Crippen LogP contribution is 2.28. The first-order valence-electron chi connectivity index (χ1n) is 5.41. The Morgan fingerprint density at radius 3 is 2.62 bits per heavy atom. The van der Waals surface area contributed by atoms with Gasteiger partial charge in [-0.25, -0.2) is 0 Å². The van der Waals surface area contributed by atoms with Gasteiger partial charge in [-0.15, -0.1) is 0 Å². The molecule has 1 atom stereocenters. The van der Waals surface area contributed by atoms with Gasteiger partial charge in [0, 0.05) is 18.8 Å². The van der Waals surface area contributed by atoms with E-state index in [4.69, 9.17) is 4.42 Å². The van der Waals surface area contributed by atoms with Crippen molar-refractivity contribution < 1.29 is 4.42 Å². The average Bonchev–Trinajstić information content (AvgIpc) is 2.79. The minimum absolute atomic E-state index is 0.232. The first-order valence-corrected chi connectivity index (χ1v) is 6.32. The minimum Gasteiger partial charge on any atom is -0.465 e.